The van der Waals surface area contributed by atoms with Crippen molar-refractivity contribution in [3.8, 4) is 0 Å². The molecule has 0 heterocycles. The highest BCUT2D eigenvalue weighted by Gasteiger charge is 2.18. The Morgan fingerprint density at radius 1 is 1.29 bits per heavy atom. The van der Waals surface area contributed by atoms with Gasteiger partial charge in [0.2, 0.25) is 5.91 Å². The van der Waals surface area contributed by atoms with Gasteiger partial charge in [-0.15, -0.1) is 0 Å². The number of hydrogen-bond donors (Lipinski definition) is 2. The largest absolute Gasteiger partial charge is 0.356 e. The molecule has 1 aromatic carbocycles. The molecule has 0 aliphatic heterocycles. The van der Waals surface area contributed by atoms with Crippen LogP contribution in [0.15, 0.2) is 24.3 Å². The molecular weight excluding hydrogens is 260 g/mol. The first-order valence-corrected chi connectivity index (χ1v) is 8.22. The highest BCUT2D eigenvalue weighted by atomic mass is 16.1. The maximum Gasteiger partial charge on any atom is 0.224 e. The Kier molecular flexibility index (Phi) is 6.24. The van der Waals surface area contributed by atoms with Crippen molar-refractivity contribution >= 4 is 5.91 Å². The fraction of sp³-hybridized carbons (Fsp3) is 0.611. The number of nitrogens with one attached hydrogen (secondary N) is 1. The molecule has 0 aromatic heterocycles. The van der Waals surface area contributed by atoms with E-state index in [9.17, 15) is 4.79 Å². The summed E-state index contributed by atoms with van der Waals surface area (Å²) in [6.45, 7) is 3.64. The fourth-order valence-electron chi connectivity index (χ4n) is 3.40. The molecule has 1 fully saturated rings. The quantitative estimate of drug-likeness (QED) is 0.845. The van der Waals surface area contributed by atoms with Crippen LogP contribution in [0, 0.1) is 11.8 Å². The van der Waals surface area contributed by atoms with E-state index in [0.29, 0.717) is 13.0 Å². The molecule has 2 unspecified atom stereocenters. The van der Waals surface area contributed by atoms with Crippen LogP contribution in [0.1, 0.15) is 50.2 Å². The molecule has 3 nitrogen and oxygen atoms in total. The molecule has 3 heteroatoms. The zero-order chi connectivity index (χ0) is 15.1. The molecule has 1 amide bonds. The number of nitrogens with two attached hydrogens (primary N) is 1. The molecule has 1 aromatic rings. The summed E-state index contributed by atoms with van der Waals surface area (Å²) in [6.07, 6.45) is 6.94. The third kappa shape index (κ3) is 5.16. The number of amides is 1. The van der Waals surface area contributed by atoms with Crippen LogP contribution < -0.4 is 11.1 Å². The Hall–Kier alpha value is -1.35. The van der Waals surface area contributed by atoms with E-state index < -0.39 is 0 Å². The standard InChI is InChI=1S/C18H28N2O/c1-14-5-4-6-15(11-14)9-10-20-18(21)12-16-7-2-3-8-17(16)13-19/h2-3,7-8,14-15H,4-6,9-13,19H2,1H3,(H,20,21). The minimum absolute atomic E-state index is 0.111. The summed E-state index contributed by atoms with van der Waals surface area (Å²) in [4.78, 5) is 12.0. The molecule has 3 N–H and O–H groups in total. The molecule has 2 rings (SSSR count). The van der Waals surface area contributed by atoms with Gasteiger partial charge >= 0.3 is 0 Å². The van der Waals surface area contributed by atoms with E-state index >= 15 is 0 Å². The summed E-state index contributed by atoms with van der Waals surface area (Å²) in [5.74, 6) is 1.76. The third-order valence-electron chi connectivity index (χ3n) is 4.61. The normalized spacial score (nSPS) is 22.0. The molecule has 0 saturated heterocycles. The van der Waals surface area contributed by atoms with Crippen LogP contribution in [0.25, 0.3) is 0 Å². The van der Waals surface area contributed by atoms with Gasteiger partial charge in [0.25, 0.3) is 0 Å². The Bertz CT molecular complexity index is 458. The summed E-state index contributed by atoms with van der Waals surface area (Å²) in [5, 5.41) is 3.06. The predicted molar refractivity (Wildman–Crippen MR) is 86.8 cm³/mol. The molecule has 0 radical (unpaired) electrons. The summed E-state index contributed by atoms with van der Waals surface area (Å²) >= 11 is 0. The van der Waals surface area contributed by atoms with Crippen LogP contribution in [0.4, 0.5) is 0 Å². The van der Waals surface area contributed by atoms with E-state index in [-0.39, 0.29) is 5.91 Å². The molecule has 2 atom stereocenters. The van der Waals surface area contributed by atoms with Gasteiger partial charge < -0.3 is 11.1 Å². The van der Waals surface area contributed by atoms with Crippen molar-refractivity contribution in [3.63, 3.8) is 0 Å². The highest BCUT2D eigenvalue weighted by Crippen LogP contribution is 2.30. The highest BCUT2D eigenvalue weighted by molar-refractivity contribution is 5.78. The first-order chi connectivity index (χ1) is 10.2. The first kappa shape index (κ1) is 16.0. The van der Waals surface area contributed by atoms with Gasteiger partial charge in [-0.3, -0.25) is 4.79 Å². The van der Waals surface area contributed by atoms with Crippen LogP contribution in [0.2, 0.25) is 0 Å². The number of hydrogen-bond acceptors (Lipinski definition) is 2. The molecule has 116 valence electrons. The van der Waals surface area contributed by atoms with E-state index in [0.717, 1.165) is 35.9 Å². The van der Waals surface area contributed by atoms with E-state index in [4.69, 9.17) is 5.73 Å². The van der Waals surface area contributed by atoms with Gasteiger partial charge in [0.05, 0.1) is 6.42 Å². The summed E-state index contributed by atoms with van der Waals surface area (Å²) in [6, 6.07) is 7.91. The molecule has 1 saturated carbocycles. The summed E-state index contributed by atoms with van der Waals surface area (Å²) in [5.41, 5.74) is 7.81. The van der Waals surface area contributed by atoms with Crippen molar-refractivity contribution in [1.29, 1.82) is 0 Å². The van der Waals surface area contributed by atoms with Crippen LogP contribution in [-0.4, -0.2) is 12.5 Å². The molecule has 1 aliphatic rings. The summed E-state index contributed by atoms with van der Waals surface area (Å²) < 4.78 is 0. The second-order valence-corrected chi connectivity index (χ2v) is 6.43. The Balaban J connectivity index is 1.72. The Morgan fingerprint density at radius 2 is 2.05 bits per heavy atom. The minimum atomic E-state index is 0.111. The van der Waals surface area contributed by atoms with Crippen LogP contribution >= 0.6 is 0 Å². The molecule has 21 heavy (non-hydrogen) atoms. The average Bonchev–Trinajstić information content (AvgIpc) is 2.48. The maximum atomic E-state index is 12.0. The van der Waals surface area contributed by atoms with E-state index in [1.54, 1.807) is 0 Å². The van der Waals surface area contributed by atoms with Gasteiger partial charge in [-0.25, -0.2) is 0 Å². The fourth-order valence-corrected chi connectivity index (χ4v) is 3.40. The lowest BCUT2D eigenvalue weighted by Gasteiger charge is -2.26. The SMILES string of the molecule is CC1CCCC(CCNC(=O)Cc2ccccc2CN)C1. The van der Waals surface area contributed by atoms with Crippen molar-refractivity contribution in [2.24, 2.45) is 17.6 Å². The van der Waals surface area contributed by atoms with Gasteiger partial charge in [-0.2, -0.15) is 0 Å². The zero-order valence-electron chi connectivity index (χ0n) is 13.1. The first-order valence-electron chi connectivity index (χ1n) is 8.22. The number of benzene rings is 1. The lowest BCUT2D eigenvalue weighted by molar-refractivity contribution is -0.120. The van der Waals surface area contributed by atoms with Gasteiger partial charge in [-0.05, 0) is 35.8 Å². The molecule has 0 bridgehead atoms. The van der Waals surface area contributed by atoms with Gasteiger partial charge in [0, 0.05) is 13.1 Å². The monoisotopic (exact) mass is 288 g/mol. The van der Waals surface area contributed by atoms with Crippen LogP contribution in [0.5, 0.6) is 0 Å². The van der Waals surface area contributed by atoms with Crippen molar-refractivity contribution in [2.75, 3.05) is 6.54 Å². The molecule has 1 aliphatic carbocycles. The zero-order valence-corrected chi connectivity index (χ0v) is 13.1. The maximum absolute atomic E-state index is 12.0. The lowest BCUT2D eigenvalue weighted by Crippen LogP contribution is -2.28. The van der Waals surface area contributed by atoms with Crippen molar-refractivity contribution < 1.29 is 4.79 Å². The minimum Gasteiger partial charge on any atom is -0.356 e. The second-order valence-electron chi connectivity index (χ2n) is 6.43. The van der Waals surface area contributed by atoms with Crippen molar-refractivity contribution in [1.82, 2.24) is 5.32 Å². The van der Waals surface area contributed by atoms with Crippen LogP contribution in [0.3, 0.4) is 0 Å². The van der Waals surface area contributed by atoms with E-state index in [1.807, 2.05) is 24.3 Å². The van der Waals surface area contributed by atoms with Gasteiger partial charge in [-0.1, -0.05) is 50.5 Å². The van der Waals surface area contributed by atoms with E-state index in [1.165, 1.54) is 25.7 Å². The van der Waals surface area contributed by atoms with Gasteiger partial charge in [0.1, 0.15) is 0 Å². The number of rotatable bonds is 6. The van der Waals surface area contributed by atoms with Crippen LogP contribution in [-0.2, 0) is 17.8 Å². The second kappa shape index (κ2) is 8.18. The molecular formula is C18H28N2O. The Labute approximate surface area is 128 Å². The summed E-state index contributed by atoms with van der Waals surface area (Å²) in [7, 11) is 0. The molecule has 0 spiro atoms. The smallest absolute Gasteiger partial charge is 0.224 e. The van der Waals surface area contributed by atoms with E-state index in [2.05, 4.69) is 12.2 Å². The van der Waals surface area contributed by atoms with Crippen molar-refractivity contribution in [2.45, 2.75) is 52.0 Å². The topological polar surface area (TPSA) is 55.1 Å². The lowest BCUT2D eigenvalue weighted by atomic mass is 9.81. The Morgan fingerprint density at radius 3 is 2.76 bits per heavy atom. The predicted octanol–water partition coefficient (Wildman–Crippen LogP) is 3.02. The van der Waals surface area contributed by atoms with Gasteiger partial charge in [0.15, 0.2) is 0 Å². The van der Waals surface area contributed by atoms with Crippen molar-refractivity contribution in [3.05, 3.63) is 35.4 Å². The number of carbonyl (C=O) groups excluding carboxylic acids is 1. The third-order valence-corrected chi connectivity index (χ3v) is 4.61. The average molecular weight is 288 g/mol. The number of carbonyl (C=O) groups is 1.